The summed E-state index contributed by atoms with van der Waals surface area (Å²) in [6.07, 6.45) is 37.1. The van der Waals surface area contributed by atoms with E-state index in [1.54, 1.807) is 0 Å². The van der Waals surface area contributed by atoms with Gasteiger partial charge in [0, 0.05) is 12.8 Å². The van der Waals surface area contributed by atoms with Crippen LogP contribution < -0.4 is 0 Å². The normalized spacial score (nSPS) is 20.3. The topological polar surface area (TPSA) is 186 Å². The Morgan fingerprint density at radius 1 is 0.548 bits per heavy atom. The first-order valence-electron chi connectivity index (χ1n) is 24.2. The van der Waals surface area contributed by atoms with E-state index >= 15 is 0 Å². The Bertz CT molecular complexity index is 1330. The molecule has 1 heterocycles. The van der Waals surface area contributed by atoms with Crippen LogP contribution in [0.4, 0.5) is 0 Å². The number of carbonyl (C=O) groups is 2. The summed E-state index contributed by atoms with van der Waals surface area (Å²) in [6.45, 7) is 3.71. The van der Waals surface area contributed by atoms with E-state index in [4.69, 9.17) is 18.9 Å². The monoisotopic (exact) mass is 899 g/mol. The molecule has 1 saturated heterocycles. The molecule has 0 aromatic heterocycles. The molecule has 0 bridgehead atoms. The minimum absolute atomic E-state index is 0.151. The average Bonchev–Trinajstić information content (AvgIpc) is 3.24. The number of hydrogen-bond acceptors (Lipinski definition) is 11. The molecule has 6 unspecified atom stereocenters. The summed E-state index contributed by atoms with van der Waals surface area (Å²) in [5.41, 5.74) is 0. The van der Waals surface area contributed by atoms with Crippen LogP contribution in [0.2, 0.25) is 0 Å². The number of ether oxygens (including phenoxy) is 4. The van der Waals surface area contributed by atoms with Crippen LogP contribution in [0, 0.1) is 0 Å². The Hall–Kier alpha value is -2.39. The number of rotatable bonds is 40. The predicted molar refractivity (Wildman–Crippen MR) is 247 cm³/mol. The van der Waals surface area contributed by atoms with Gasteiger partial charge in [0.05, 0.1) is 6.61 Å². The van der Waals surface area contributed by atoms with Crippen LogP contribution >= 0.6 is 0 Å². The van der Waals surface area contributed by atoms with E-state index in [2.05, 4.69) is 62.5 Å². The van der Waals surface area contributed by atoms with Gasteiger partial charge in [-0.25, -0.2) is 0 Å². The Kier molecular flexibility index (Phi) is 36.3. The zero-order valence-corrected chi connectivity index (χ0v) is 39.3. The lowest BCUT2D eigenvalue weighted by molar-refractivity contribution is -0.297. The van der Waals surface area contributed by atoms with E-state index < -0.39 is 71.2 Å². The van der Waals surface area contributed by atoms with Crippen LogP contribution in [0.5, 0.6) is 0 Å². The van der Waals surface area contributed by atoms with E-state index in [1.165, 1.54) is 64.2 Å². The van der Waals surface area contributed by atoms with Gasteiger partial charge < -0.3 is 34.3 Å². The van der Waals surface area contributed by atoms with E-state index in [9.17, 15) is 37.9 Å². The van der Waals surface area contributed by atoms with Gasteiger partial charge in [-0.1, -0.05) is 152 Å². The number of esters is 2. The maximum Gasteiger partial charge on any atom is 0.306 e. The standard InChI is InChI=1S/C49H86O12S/c1-3-5-7-9-11-13-15-17-19-21-22-24-26-28-30-32-34-36-38-45(51)60-42(40-59-49-48(54)47(53)46(52)43(61-49)41-62(55,56)57)39-58-44(50)37-35-33-31-29-27-25-23-20-18-16-14-12-10-8-6-4-2/h13-16,19-21,23,42-43,46-49,52-54H,3-12,17-18,22,24-41H2,1-2H3,(H,55,56,57)/b15-13-,16-14-,21-19-,23-20-. The van der Waals surface area contributed by atoms with Gasteiger partial charge in [0.1, 0.15) is 36.8 Å². The molecule has 13 heteroatoms. The summed E-state index contributed by atoms with van der Waals surface area (Å²) in [7, 11) is -4.61. The third kappa shape index (κ3) is 33.2. The molecule has 0 spiro atoms. The zero-order valence-electron chi connectivity index (χ0n) is 38.5. The van der Waals surface area contributed by atoms with E-state index in [1.807, 2.05) is 0 Å². The van der Waals surface area contributed by atoms with Crippen LogP contribution in [0.3, 0.4) is 0 Å². The van der Waals surface area contributed by atoms with Crippen molar-refractivity contribution in [3.8, 4) is 0 Å². The molecule has 0 aromatic rings. The highest BCUT2D eigenvalue weighted by atomic mass is 32.2. The van der Waals surface area contributed by atoms with Crippen molar-refractivity contribution in [1.29, 1.82) is 0 Å². The maximum atomic E-state index is 12.8. The maximum absolute atomic E-state index is 12.8. The van der Waals surface area contributed by atoms with Crippen molar-refractivity contribution in [2.24, 2.45) is 0 Å². The van der Waals surface area contributed by atoms with Crippen molar-refractivity contribution in [3.05, 3.63) is 48.6 Å². The highest BCUT2D eigenvalue weighted by Crippen LogP contribution is 2.24. The molecule has 360 valence electrons. The van der Waals surface area contributed by atoms with Crippen LogP contribution in [-0.4, -0.2) is 96.0 Å². The number of aliphatic hydroxyl groups is 3. The zero-order chi connectivity index (χ0) is 45.5. The minimum Gasteiger partial charge on any atom is -0.462 e. The Balaban J connectivity index is 2.43. The number of allylic oxidation sites excluding steroid dienone is 8. The molecular formula is C49H86O12S. The summed E-state index contributed by atoms with van der Waals surface area (Å²) in [5.74, 6) is -2.01. The third-order valence-electron chi connectivity index (χ3n) is 10.9. The van der Waals surface area contributed by atoms with Gasteiger partial charge in [-0.05, 0) is 77.0 Å². The smallest absolute Gasteiger partial charge is 0.306 e. The fraction of sp³-hybridized carbons (Fsp3) is 0.796. The Labute approximate surface area is 375 Å². The van der Waals surface area contributed by atoms with Gasteiger partial charge in [-0.15, -0.1) is 0 Å². The van der Waals surface area contributed by atoms with Gasteiger partial charge in [0.25, 0.3) is 10.1 Å². The summed E-state index contributed by atoms with van der Waals surface area (Å²) in [4.78, 5) is 25.5. The number of carbonyl (C=O) groups excluding carboxylic acids is 2. The average molecular weight is 899 g/mol. The van der Waals surface area contributed by atoms with Crippen molar-refractivity contribution in [1.82, 2.24) is 0 Å². The highest BCUT2D eigenvalue weighted by molar-refractivity contribution is 7.85. The van der Waals surface area contributed by atoms with Crippen LogP contribution in [-0.2, 0) is 38.7 Å². The molecule has 0 aliphatic carbocycles. The van der Waals surface area contributed by atoms with Gasteiger partial charge in [0.2, 0.25) is 0 Å². The second kappa shape index (κ2) is 39.0. The molecule has 1 aliphatic heterocycles. The fourth-order valence-electron chi connectivity index (χ4n) is 7.09. The van der Waals surface area contributed by atoms with Gasteiger partial charge in [-0.2, -0.15) is 8.42 Å². The first-order valence-corrected chi connectivity index (χ1v) is 25.8. The van der Waals surface area contributed by atoms with E-state index in [0.717, 1.165) is 89.9 Å². The lowest BCUT2D eigenvalue weighted by Gasteiger charge is -2.40. The summed E-state index contributed by atoms with van der Waals surface area (Å²) < 4.78 is 54.1. The molecule has 0 radical (unpaired) electrons. The molecule has 62 heavy (non-hydrogen) atoms. The van der Waals surface area contributed by atoms with Gasteiger partial charge >= 0.3 is 11.9 Å². The summed E-state index contributed by atoms with van der Waals surface area (Å²) in [5, 5.41) is 30.9. The number of unbranched alkanes of at least 4 members (excludes halogenated alkanes) is 20. The molecule has 1 rings (SSSR count). The second-order valence-corrected chi connectivity index (χ2v) is 18.3. The summed E-state index contributed by atoms with van der Waals surface area (Å²) in [6, 6.07) is 0. The van der Waals surface area contributed by atoms with Crippen molar-refractivity contribution in [3.63, 3.8) is 0 Å². The first kappa shape index (κ1) is 57.6. The highest BCUT2D eigenvalue weighted by Gasteiger charge is 2.46. The number of aliphatic hydroxyl groups excluding tert-OH is 3. The molecule has 6 atom stereocenters. The Morgan fingerprint density at radius 3 is 1.42 bits per heavy atom. The minimum atomic E-state index is -4.61. The third-order valence-corrected chi connectivity index (χ3v) is 11.6. The summed E-state index contributed by atoms with van der Waals surface area (Å²) >= 11 is 0. The lowest BCUT2D eigenvalue weighted by atomic mass is 10.00. The molecule has 4 N–H and O–H groups in total. The van der Waals surface area contributed by atoms with Crippen LogP contribution in [0.15, 0.2) is 48.6 Å². The van der Waals surface area contributed by atoms with Crippen LogP contribution in [0.25, 0.3) is 0 Å². The fourth-order valence-corrected chi connectivity index (χ4v) is 7.78. The van der Waals surface area contributed by atoms with Crippen LogP contribution in [0.1, 0.15) is 194 Å². The van der Waals surface area contributed by atoms with Crippen molar-refractivity contribution >= 4 is 22.1 Å². The Morgan fingerprint density at radius 2 is 0.968 bits per heavy atom. The molecule has 1 aliphatic rings. The van der Waals surface area contributed by atoms with E-state index in [0.29, 0.717) is 12.8 Å². The largest absolute Gasteiger partial charge is 0.462 e. The molecular weight excluding hydrogens is 813 g/mol. The molecule has 0 saturated carbocycles. The van der Waals surface area contributed by atoms with Gasteiger partial charge in [0.15, 0.2) is 12.4 Å². The molecule has 0 aromatic carbocycles. The predicted octanol–water partition coefficient (Wildman–Crippen LogP) is 10.3. The van der Waals surface area contributed by atoms with Crippen molar-refractivity contribution < 1.29 is 56.8 Å². The van der Waals surface area contributed by atoms with Gasteiger partial charge in [-0.3, -0.25) is 14.1 Å². The van der Waals surface area contributed by atoms with Crippen molar-refractivity contribution in [2.75, 3.05) is 19.0 Å². The lowest BCUT2D eigenvalue weighted by Crippen LogP contribution is -2.60. The molecule has 12 nitrogen and oxygen atoms in total. The number of hydrogen-bond donors (Lipinski definition) is 4. The second-order valence-electron chi connectivity index (χ2n) is 16.8. The molecule has 0 amide bonds. The molecule has 1 fully saturated rings. The first-order chi connectivity index (χ1) is 30.0. The SMILES string of the molecule is CCCCCC/C=C\C/C=C\CCCCCCCCCC(=O)OC(COC(=O)CCCCCCC/C=C\C/C=C\CCCCCC)COC1OC(CS(=O)(=O)O)C(O)C(O)C1O. The van der Waals surface area contributed by atoms with E-state index in [-0.39, 0.29) is 19.4 Å². The quantitative estimate of drug-likeness (QED) is 0.0198. The van der Waals surface area contributed by atoms with Crippen molar-refractivity contribution in [2.45, 2.75) is 230 Å².